The minimum absolute atomic E-state index is 0.134. The average molecular weight is 283 g/mol. The molecule has 0 unspecified atom stereocenters. The van der Waals surface area contributed by atoms with Crippen molar-refractivity contribution in [2.45, 2.75) is 45.1 Å². The van der Waals surface area contributed by atoms with Crippen molar-refractivity contribution >= 4 is 15.7 Å². The molecule has 0 aromatic heterocycles. The first kappa shape index (κ1) is 14.2. The highest BCUT2D eigenvalue weighted by molar-refractivity contribution is 7.92. The van der Waals surface area contributed by atoms with Crippen LogP contribution >= 0.6 is 0 Å². The van der Waals surface area contributed by atoms with Crippen molar-refractivity contribution in [1.29, 1.82) is 0 Å². The van der Waals surface area contributed by atoms with Gasteiger partial charge in [0.1, 0.15) is 5.75 Å². The Balaban J connectivity index is 2.37. The minimum Gasteiger partial charge on any atom is -0.490 e. The molecule has 1 aromatic rings. The highest BCUT2D eigenvalue weighted by Crippen LogP contribution is 2.35. The zero-order valence-electron chi connectivity index (χ0n) is 11.9. The van der Waals surface area contributed by atoms with E-state index in [0.29, 0.717) is 11.8 Å². The van der Waals surface area contributed by atoms with Crippen molar-refractivity contribution in [3.8, 4) is 5.75 Å². The molecule has 1 saturated carbocycles. The topological polar surface area (TPSA) is 55.4 Å². The number of ether oxygens (including phenoxy) is 1. The summed E-state index contributed by atoms with van der Waals surface area (Å²) in [5.74, 6) is 0.724. The quantitative estimate of drug-likeness (QED) is 0.924. The van der Waals surface area contributed by atoms with Gasteiger partial charge in [-0.2, -0.15) is 0 Å². The third-order valence-electron chi connectivity index (χ3n) is 2.92. The van der Waals surface area contributed by atoms with Crippen LogP contribution in [-0.4, -0.2) is 20.8 Å². The fourth-order valence-electron chi connectivity index (χ4n) is 1.91. The molecule has 0 saturated heterocycles. The summed E-state index contributed by atoms with van der Waals surface area (Å²) in [6.07, 6.45) is 3.62. The predicted molar refractivity (Wildman–Crippen MR) is 77.3 cm³/mol. The molecular weight excluding hydrogens is 262 g/mol. The van der Waals surface area contributed by atoms with Crippen LogP contribution in [0.5, 0.6) is 5.75 Å². The van der Waals surface area contributed by atoms with E-state index in [1.165, 1.54) is 0 Å². The van der Waals surface area contributed by atoms with E-state index in [9.17, 15) is 8.42 Å². The monoisotopic (exact) mass is 283 g/mol. The fourth-order valence-corrected chi connectivity index (χ4v) is 2.48. The van der Waals surface area contributed by atoms with E-state index in [0.717, 1.165) is 30.4 Å². The second-order valence-corrected chi connectivity index (χ2v) is 7.90. The summed E-state index contributed by atoms with van der Waals surface area (Å²) in [6, 6.07) is 5.62. The second-order valence-electron chi connectivity index (χ2n) is 6.15. The van der Waals surface area contributed by atoms with Crippen molar-refractivity contribution in [1.82, 2.24) is 0 Å². The molecule has 0 radical (unpaired) electrons. The molecule has 1 N–H and O–H groups in total. The summed E-state index contributed by atoms with van der Waals surface area (Å²) >= 11 is 0. The molecule has 1 aliphatic rings. The summed E-state index contributed by atoms with van der Waals surface area (Å²) < 4.78 is 31.2. The van der Waals surface area contributed by atoms with Gasteiger partial charge in [0, 0.05) is 6.07 Å². The second kappa shape index (κ2) is 4.71. The Morgan fingerprint density at radius 2 is 1.89 bits per heavy atom. The lowest BCUT2D eigenvalue weighted by Gasteiger charge is -2.23. The third-order valence-corrected chi connectivity index (χ3v) is 3.51. The fraction of sp³-hybridized carbons (Fsp3) is 0.571. The molecule has 2 rings (SSSR count). The average Bonchev–Trinajstić information content (AvgIpc) is 2.97. The Hall–Kier alpha value is -1.23. The predicted octanol–water partition coefficient (Wildman–Crippen LogP) is 2.90. The molecule has 5 heteroatoms. The molecule has 0 heterocycles. The van der Waals surface area contributed by atoms with E-state index in [4.69, 9.17) is 4.74 Å². The Bertz CT molecular complexity index is 569. The highest BCUT2D eigenvalue weighted by Gasteiger charge is 2.25. The molecule has 0 atom stereocenters. The van der Waals surface area contributed by atoms with Gasteiger partial charge >= 0.3 is 0 Å². The van der Waals surface area contributed by atoms with E-state index in [1.807, 2.05) is 12.1 Å². The minimum atomic E-state index is -3.30. The van der Waals surface area contributed by atoms with Crippen LogP contribution in [0.25, 0.3) is 0 Å². The highest BCUT2D eigenvalue weighted by atomic mass is 32.2. The molecule has 4 nitrogen and oxygen atoms in total. The number of benzene rings is 1. The number of rotatable bonds is 4. The largest absolute Gasteiger partial charge is 0.490 e. The summed E-state index contributed by atoms with van der Waals surface area (Å²) in [7, 11) is -3.30. The molecule has 0 amide bonds. The first-order chi connectivity index (χ1) is 8.65. The molecule has 0 aliphatic heterocycles. The Morgan fingerprint density at radius 1 is 1.26 bits per heavy atom. The number of anilines is 1. The molecule has 0 spiro atoms. The van der Waals surface area contributed by atoms with Crippen LogP contribution in [0, 0.1) is 0 Å². The molecule has 0 bridgehead atoms. The van der Waals surface area contributed by atoms with Gasteiger partial charge in [-0.1, -0.05) is 26.8 Å². The van der Waals surface area contributed by atoms with Gasteiger partial charge in [-0.3, -0.25) is 4.72 Å². The Kier molecular flexibility index (Phi) is 3.51. The van der Waals surface area contributed by atoms with Gasteiger partial charge in [0.05, 0.1) is 18.0 Å². The van der Waals surface area contributed by atoms with Gasteiger partial charge in [0.25, 0.3) is 0 Å². The maximum Gasteiger partial charge on any atom is 0.229 e. The van der Waals surface area contributed by atoms with Crippen molar-refractivity contribution < 1.29 is 13.2 Å². The van der Waals surface area contributed by atoms with E-state index in [-0.39, 0.29) is 5.41 Å². The van der Waals surface area contributed by atoms with Gasteiger partial charge in [-0.25, -0.2) is 8.42 Å². The number of nitrogens with one attached hydrogen (secondary N) is 1. The van der Waals surface area contributed by atoms with Crippen LogP contribution in [0.15, 0.2) is 18.2 Å². The Morgan fingerprint density at radius 3 is 2.37 bits per heavy atom. The summed E-state index contributed by atoms with van der Waals surface area (Å²) in [4.78, 5) is 0. The van der Waals surface area contributed by atoms with Gasteiger partial charge in [0.2, 0.25) is 10.0 Å². The van der Waals surface area contributed by atoms with Gasteiger partial charge in [-0.05, 0) is 29.9 Å². The third kappa shape index (κ3) is 4.13. The van der Waals surface area contributed by atoms with Crippen molar-refractivity contribution in [2.24, 2.45) is 0 Å². The van der Waals surface area contributed by atoms with Gasteiger partial charge in [0.15, 0.2) is 0 Å². The molecular formula is C14H21NO3S. The van der Waals surface area contributed by atoms with Gasteiger partial charge < -0.3 is 4.74 Å². The van der Waals surface area contributed by atoms with Crippen LogP contribution < -0.4 is 9.46 Å². The van der Waals surface area contributed by atoms with Crippen LogP contribution in [-0.2, 0) is 15.4 Å². The lowest BCUT2D eigenvalue weighted by atomic mass is 9.86. The first-order valence-electron chi connectivity index (χ1n) is 6.44. The van der Waals surface area contributed by atoms with E-state index < -0.39 is 10.0 Å². The van der Waals surface area contributed by atoms with Crippen LogP contribution in [0.4, 0.5) is 5.69 Å². The van der Waals surface area contributed by atoms with Crippen LogP contribution in [0.1, 0.15) is 39.2 Å². The molecule has 1 aliphatic carbocycles. The van der Waals surface area contributed by atoms with Crippen molar-refractivity contribution in [2.75, 3.05) is 11.0 Å². The Labute approximate surface area is 115 Å². The van der Waals surface area contributed by atoms with Crippen molar-refractivity contribution in [3.05, 3.63) is 23.8 Å². The normalized spacial score (nSPS) is 16.2. The summed E-state index contributed by atoms with van der Waals surface area (Å²) in [6.45, 7) is 6.16. The van der Waals surface area contributed by atoms with Crippen molar-refractivity contribution in [3.63, 3.8) is 0 Å². The van der Waals surface area contributed by atoms with E-state index in [2.05, 4.69) is 25.5 Å². The van der Waals surface area contributed by atoms with Crippen LogP contribution in [0.2, 0.25) is 0 Å². The first-order valence-corrected chi connectivity index (χ1v) is 8.33. The molecule has 1 aromatic carbocycles. The van der Waals surface area contributed by atoms with E-state index in [1.54, 1.807) is 6.07 Å². The van der Waals surface area contributed by atoms with Gasteiger partial charge in [-0.15, -0.1) is 0 Å². The number of hydrogen-bond acceptors (Lipinski definition) is 3. The maximum atomic E-state index is 11.5. The SMILES string of the molecule is CC(C)(C)c1ccc(OC2CC2)cc1NS(C)(=O)=O. The zero-order valence-corrected chi connectivity index (χ0v) is 12.7. The smallest absolute Gasteiger partial charge is 0.229 e. The zero-order chi connectivity index (χ0) is 14.3. The molecule has 19 heavy (non-hydrogen) atoms. The maximum absolute atomic E-state index is 11.5. The summed E-state index contributed by atoms with van der Waals surface area (Å²) in [5.41, 5.74) is 1.43. The lowest BCUT2D eigenvalue weighted by Crippen LogP contribution is -2.18. The summed E-state index contributed by atoms with van der Waals surface area (Å²) in [5, 5.41) is 0. The number of hydrogen-bond donors (Lipinski definition) is 1. The van der Waals surface area contributed by atoms with Crippen LogP contribution in [0.3, 0.4) is 0 Å². The number of sulfonamides is 1. The molecule has 1 fully saturated rings. The van der Waals surface area contributed by atoms with E-state index >= 15 is 0 Å². The standard InChI is InChI=1S/C14H21NO3S/c1-14(2,3)12-8-7-11(18-10-5-6-10)9-13(12)15-19(4,16)17/h7-10,15H,5-6H2,1-4H3. The lowest BCUT2D eigenvalue weighted by molar-refractivity contribution is 0.303. The molecule has 106 valence electrons.